The first kappa shape index (κ1) is 13.0. The molecule has 0 radical (unpaired) electrons. The summed E-state index contributed by atoms with van der Waals surface area (Å²) >= 11 is 1.93. The van der Waals surface area contributed by atoms with Gasteiger partial charge >= 0.3 is 0 Å². The third-order valence-electron chi connectivity index (χ3n) is 4.27. The Morgan fingerprint density at radius 3 is 2.68 bits per heavy atom. The predicted octanol–water partition coefficient (Wildman–Crippen LogP) is 2.47. The largest absolute Gasteiger partial charge is 0.369 e. The van der Waals surface area contributed by atoms with E-state index in [1.165, 1.54) is 10.5 Å². The minimum absolute atomic E-state index is 0.100. The monoisotopic (exact) mass is 276 g/mol. The fourth-order valence-electron chi connectivity index (χ4n) is 3.13. The molecular weight excluding hydrogens is 256 g/mol. The third-order valence-corrected chi connectivity index (χ3v) is 5.45. The van der Waals surface area contributed by atoms with E-state index in [2.05, 4.69) is 29.6 Å². The van der Waals surface area contributed by atoms with Gasteiger partial charge in [0, 0.05) is 28.6 Å². The Morgan fingerprint density at radius 2 is 1.95 bits per heavy atom. The standard InChI is InChI=1S/C15H20N2OS/c16-15(18)10-5-7-11(8-6-10)17-13-9-19-14-4-2-1-3-12(13)14/h1-4,10-11,13,17H,5-9H2,(H2,16,18). The second-order valence-corrected chi connectivity index (χ2v) is 6.58. The maximum atomic E-state index is 11.2. The van der Waals surface area contributed by atoms with Gasteiger partial charge in [0.15, 0.2) is 0 Å². The van der Waals surface area contributed by atoms with Crippen LogP contribution in [0, 0.1) is 5.92 Å². The number of nitrogens with two attached hydrogens (primary N) is 1. The van der Waals surface area contributed by atoms with Gasteiger partial charge in [-0.15, -0.1) is 11.8 Å². The zero-order valence-corrected chi connectivity index (χ0v) is 11.8. The van der Waals surface area contributed by atoms with Crippen LogP contribution in [-0.4, -0.2) is 17.7 Å². The van der Waals surface area contributed by atoms with E-state index in [-0.39, 0.29) is 11.8 Å². The number of primary amides is 1. The molecule has 19 heavy (non-hydrogen) atoms. The van der Waals surface area contributed by atoms with E-state index in [9.17, 15) is 4.79 Å². The highest BCUT2D eigenvalue weighted by Gasteiger charge is 2.29. The summed E-state index contributed by atoms with van der Waals surface area (Å²) in [7, 11) is 0. The molecule has 0 spiro atoms. The molecule has 1 unspecified atom stereocenters. The Kier molecular flexibility index (Phi) is 3.80. The molecule has 3 nitrogen and oxygen atoms in total. The number of thioether (sulfide) groups is 1. The summed E-state index contributed by atoms with van der Waals surface area (Å²) in [6.45, 7) is 0. The van der Waals surface area contributed by atoms with Crippen molar-refractivity contribution in [2.24, 2.45) is 11.7 Å². The van der Waals surface area contributed by atoms with Crippen LogP contribution in [0.4, 0.5) is 0 Å². The van der Waals surface area contributed by atoms with Crippen LogP contribution in [0.25, 0.3) is 0 Å². The SMILES string of the molecule is NC(=O)C1CCC(NC2CSc3ccccc32)CC1. The Hall–Kier alpha value is -1.00. The third kappa shape index (κ3) is 2.79. The van der Waals surface area contributed by atoms with E-state index in [0.29, 0.717) is 12.1 Å². The van der Waals surface area contributed by atoms with Crippen molar-refractivity contribution in [2.75, 3.05) is 5.75 Å². The summed E-state index contributed by atoms with van der Waals surface area (Å²) in [6, 6.07) is 9.65. The van der Waals surface area contributed by atoms with Crippen LogP contribution in [0.3, 0.4) is 0 Å². The Bertz CT molecular complexity index is 469. The quantitative estimate of drug-likeness (QED) is 0.891. The number of carbonyl (C=O) groups is 1. The van der Waals surface area contributed by atoms with Gasteiger partial charge in [0.2, 0.25) is 5.91 Å². The van der Waals surface area contributed by atoms with Gasteiger partial charge in [0.05, 0.1) is 0 Å². The number of rotatable bonds is 3. The van der Waals surface area contributed by atoms with Crippen LogP contribution in [-0.2, 0) is 4.79 Å². The van der Waals surface area contributed by atoms with Gasteiger partial charge < -0.3 is 11.1 Å². The maximum Gasteiger partial charge on any atom is 0.220 e. The summed E-state index contributed by atoms with van der Waals surface area (Å²) in [5.41, 5.74) is 6.81. The van der Waals surface area contributed by atoms with Gasteiger partial charge in [-0.1, -0.05) is 18.2 Å². The highest BCUT2D eigenvalue weighted by Crippen LogP contribution is 2.38. The lowest BCUT2D eigenvalue weighted by atomic mass is 9.85. The van der Waals surface area contributed by atoms with E-state index < -0.39 is 0 Å². The van der Waals surface area contributed by atoms with E-state index >= 15 is 0 Å². The Balaban J connectivity index is 1.58. The zero-order chi connectivity index (χ0) is 13.2. The topological polar surface area (TPSA) is 55.1 Å². The number of carbonyl (C=O) groups excluding carboxylic acids is 1. The van der Waals surface area contributed by atoms with Gasteiger partial charge in [-0.25, -0.2) is 0 Å². The van der Waals surface area contributed by atoms with Crippen molar-refractivity contribution < 1.29 is 4.79 Å². The fourth-order valence-corrected chi connectivity index (χ4v) is 4.30. The summed E-state index contributed by atoms with van der Waals surface area (Å²) in [5.74, 6) is 1.10. The smallest absolute Gasteiger partial charge is 0.220 e. The fraction of sp³-hybridized carbons (Fsp3) is 0.533. The summed E-state index contributed by atoms with van der Waals surface area (Å²) in [4.78, 5) is 12.6. The lowest BCUT2D eigenvalue weighted by molar-refractivity contribution is -0.122. The highest BCUT2D eigenvalue weighted by molar-refractivity contribution is 7.99. The molecule has 0 bridgehead atoms. The first-order valence-electron chi connectivity index (χ1n) is 7.01. The number of amides is 1. The van der Waals surface area contributed by atoms with Gasteiger partial charge in [0.25, 0.3) is 0 Å². The average molecular weight is 276 g/mol. The minimum Gasteiger partial charge on any atom is -0.369 e. The molecule has 0 aromatic heterocycles. The number of fused-ring (bicyclic) bond motifs is 1. The molecule has 4 heteroatoms. The van der Waals surface area contributed by atoms with Crippen molar-refractivity contribution in [1.82, 2.24) is 5.32 Å². The number of hydrogen-bond donors (Lipinski definition) is 2. The molecule has 1 aliphatic carbocycles. The first-order chi connectivity index (χ1) is 9.24. The van der Waals surface area contributed by atoms with Crippen molar-refractivity contribution in [3.05, 3.63) is 29.8 Å². The molecule has 102 valence electrons. The zero-order valence-electron chi connectivity index (χ0n) is 11.0. The molecule has 1 amide bonds. The van der Waals surface area contributed by atoms with Gasteiger partial charge in [-0.2, -0.15) is 0 Å². The molecule has 3 rings (SSSR count). The molecule has 1 aliphatic heterocycles. The molecular formula is C15H20N2OS. The first-order valence-corrected chi connectivity index (χ1v) is 7.99. The van der Waals surface area contributed by atoms with Crippen LogP contribution >= 0.6 is 11.8 Å². The Labute approximate surface area is 118 Å². The van der Waals surface area contributed by atoms with Crippen LogP contribution in [0.2, 0.25) is 0 Å². The van der Waals surface area contributed by atoms with Crippen molar-refractivity contribution in [1.29, 1.82) is 0 Å². The number of hydrogen-bond acceptors (Lipinski definition) is 3. The van der Waals surface area contributed by atoms with Crippen molar-refractivity contribution in [2.45, 2.75) is 42.7 Å². The van der Waals surface area contributed by atoms with Crippen LogP contribution in [0.5, 0.6) is 0 Å². The molecule has 1 fully saturated rings. The summed E-state index contributed by atoms with van der Waals surface area (Å²) in [5, 5.41) is 3.76. The normalized spacial score (nSPS) is 30.0. The predicted molar refractivity (Wildman–Crippen MR) is 78.0 cm³/mol. The van der Waals surface area contributed by atoms with E-state index in [0.717, 1.165) is 31.4 Å². The number of benzene rings is 1. The maximum absolute atomic E-state index is 11.2. The summed E-state index contributed by atoms with van der Waals surface area (Å²) in [6.07, 6.45) is 4.01. The van der Waals surface area contributed by atoms with Gasteiger partial charge in [-0.3, -0.25) is 4.79 Å². The van der Waals surface area contributed by atoms with E-state index in [1.807, 2.05) is 11.8 Å². The second kappa shape index (κ2) is 5.55. The molecule has 1 saturated carbocycles. The van der Waals surface area contributed by atoms with E-state index in [1.54, 1.807) is 0 Å². The van der Waals surface area contributed by atoms with Crippen LogP contribution in [0.15, 0.2) is 29.2 Å². The molecule has 1 heterocycles. The van der Waals surface area contributed by atoms with Crippen molar-refractivity contribution in [3.8, 4) is 0 Å². The molecule has 1 atom stereocenters. The van der Waals surface area contributed by atoms with E-state index in [4.69, 9.17) is 5.73 Å². The second-order valence-electron chi connectivity index (χ2n) is 5.52. The molecule has 0 saturated heterocycles. The molecule has 1 aromatic carbocycles. The van der Waals surface area contributed by atoms with Crippen LogP contribution < -0.4 is 11.1 Å². The molecule has 1 aromatic rings. The van der Waals surface area contributed by atoms with Crippen molar-refractivity contribution >= 4 is 17.7 Å². The summed E-state index contributed by atoms with van der Waals surface area (Å²) < 4.78 is 0. The van der Waals surface area contributed by atoms with Gasteiger partial charge in [0.1, 0.15) is 0 Å². The van der Waals surface area contributed by atoms with Crippen molar-refractivity contribution in [3.63, 3.8) is 0 Å². The Morgan fingerprint density at radius 1 is 1.21 bits per heavy atom. The highest BCUT2D eigenvalue weighted by atomic mass is 32.2. The average Bonchev–Trinajstić information content (AvgIpc) is 2.83. The van der Waals surface area contributed by atoms with Gasteiger partial charge in [-0.05, 0) is 37.3 Å². The molecule has 3 N–H and O–H groups in total. The lowest BCUT2D eigenvalue weighted by Crippen LogP contribution is -2.38. The lowest BCUT2D eigenvalue weighted by Gasteiger charge is -2.30. The minimum atomic E-state index is -0.125. The van der Waals surface area contributed by atoms with Crippen LogP contribution in [0.1, 0.15) is 37.3 Å². The molecule has 2 aliphatic rings. The number of nitrogens with one attached hydrogen (secondary N) is 1.